The average molecular weight is 273 g/mol. The van der Waals surface area contributed by atoms with Gasteiger partial charge in [-0.05, 0) is 12.5 Å². The monoisotopic (exact) mass is 273 g/mol. The van der Waals surface area contributed by atoms with E-state index in [-0.39, 0.29) is 11.8 Å². The molecule has 1 unspecified atom stereocenters. The molecule has 1 atom stereocenters. The molecule has 0 aliphatic carbocycles. The fourth-order valence-corrected chi connectivity index (χ4v) is 3.00. The molecular weight excluding hydrogens is 250 g/mol. The van der Waals surface area contributed by atoms with E-state index in [1.807, 2.05) is 42.2 Å². The van der Waals surface area contributed by atoms with E-state index in [0.29, 0.717) is 6.04 Å². The van der Waals surface area contributed by atoms with E-state index in [1.54, 1.807) is 0 Å². The molecular formula is C16H23N3O. The van der Waals surface area contributed by atoms with Crippen LogP contribution in [0.15, 0.2) is 30.3 Å². The van der Waals surface area contributed by atoms with Crippen LogP contribution in [-0.2, 0) is 4.79 Å². The van der Waals surface area contributed by atoms with Gasteiger partial charge in [-0.1, -0.05) is 30.3 Å². The highest BCUT2D eigenvalue weighted by molar-refractivity contribution is 5.83. The van der Waals surface area contributed by atoms with Gasteiger partial charge in [0.05, 0.1) is 5.92 Å². The van der Waals surface area contributed by atoms with Crippen molar-refractivity contribution in [1.29, 1.82) is 0 Å². The Morgan fingerprint density at radius 3 is 2.35 bits per heavy atom. The summed E-state index contributed by atoms with van der Waals surface area (Å²) in [5, 5.41) is 3.31. The van der Waals surface area contributed by atoms with E-state index in [1.165, 1.54) is 0 Å². The molecule has 4 heteroatoms. The van der Waals surface area contributed by atoms with Crippen molar-refractivity contribution in [3.8, 4) is 0 Å². The van der Waals surface area contributed by atoms with Gasteiger partial charge in [0, 0.05) is 45.3 Å². The summed E-state index contributed by atoms with van der Waals surface area (Å²) in [6, 6.07) is 10.8. The van der Waals surface area contributed by atoms with Gasteiger partial charge in [-0.3, -0.25) is 9.69 Å². The molecule has 3 rings (SSSR count). The summed E-state index contributed by atoms with van der Waals surface area (Å²) in [4.78, 5) is 17.1. The van der Waals surface area contributed by atoms with Gasteiger partial charge in [-0.25, -0.2) is 0 Å². The zero-order valence-corrected chi connectivity index (χ0v) is 12.1. The maximum absolute atomic E-state index is 12.6. The first kappa shape index (κ1) is 13.6. The first-order valence-electron chi connectivity index (χ1n) is 7.54. The van der Waals surface area contributed by atoms with Crippen molar-refractivity contribution in [2.24, 2.45) is 0 Å². The van der Waals surface area contributed by atoms with E-state index < -0.39 is 0 Å². The van der Waals surface area contributed by atoms with E-state index >= 15 is 0 Å². The highest BCUT2D eigenvalue weighted by Crippen LogP contribution is 2.19. The minimum absolute atomic E-state index is 0.0341. The molecule has 2 aliphatic heterocycles. The van der Waals surface area contributed by atoms with Crippen LogP contribution < -0.4 is 5.32 Å². The normalized spacial score (nSPS) is 22.4. The van der Waals surface area contributed by atoms with Crippen LogP contribution in [-0.4, -0.2) is 61.0 Å². The minimum Gasteiger partial charge on any atom is -0.340 e. The smallest absolute Gasteiger partial charge is 0.229 e. The molecule has 2 heterocycles. The second kappa shape index (κ2) is 5.94. The first-order valence-corrected chi connectivity index (χ1v) is 7.54. The van der Waals surface area contributed by atoms with Crippen molar-refractivity contribution in [3.63, 3.8) is 0 Å². The van der Waals surface area contributed by atoms with E-state index in [4.69, 9.17) is 0 Å². The minimum atomic E-state index is -0.0341. The topological polar surface area (TPSA) is 35.6 Å². The number of carbonyl (C=O) groups is 1. The van der Waals surface area contributed by atoms with Gasteiger partial charge in [-0.15, -0.1) is 0 Å². The van der Waals surface area contributed by atoms with Crippen molar-refractivity contribution in [2.45, 2.75) is 18.9 Å². The molecule has 0 saturated carbocycles. The van der Waals surface area contributed by atoms with E-state index in [0.717, 1.165) is 44.8 Å². The second-order valence-corrected chi connectivity index (χ2v) is 5.81. The van der Waals surface area contributed by atoms with Crippen LogP contribution in [0.25, 0.3) is 0 Å². The van der Waals surface area contributed by atoms with Crippen LogP contribution in [0.4, 0.5) is 0 Å². The molecule has 1 aromatic rings. The van der Waals surface area contributed by atoms with Crippen LogP contribution in [0.2, 0.25) is 0 Å². The van der Waals surface area contributed by atoms with E-state index in [9.17, 15) is 4.79 Å². The number of amides is 1. The molecule has 0 bridgehead atoms. The summed E-state index contributed by atoms with van der Waals surface area (Å²) >= 11 is 0. The molecule has 1 amide bonds. The second-order valence-electron chi connectivity index (χ2n) is 5.81. The summed E-state index contributed by atoms with van der Waals surface area (Å²) < 4.78 is 0. The largest absolute Gasteiger partial charge is 0.340 e. The predicted octanol–water partition coefficient (Wildman–Crippen LogP) is 0.906. The van der Waals surface area contributed by atoms with Gasteiger partial charge in [-0.2, -0.15) is 0 Å². The third-order valence-corrected chi connectivity index (χ3v) is 4.57. The molecule has 4 nitrogen and oxygen atoms in total. The molecule has 20 heavy (non-hydrogen) atoms. The molecule has 0 aromatic heterocycles. The van der Waals surface area contributed by atoms with Crippen LogP contribution in [0.5, 0.6) is 0 Å². The molecule has 2 fully saturated rings. The lowest BCUT2D eigenvalue weighted by Crippen LogP contribution is -2.62. The van der Waals surface area contributed by atoms with Crippen molar-refractivity contribution < 1.29 is 4.79 Å². The van der Waals surface area contributed by atoms with Crippen molar-refractivity contribution in [1.82, 2.24) is 15.1 Å². The summed E-state index contributed by atoms with van der Waals surface area (Å²) in [7, 11) is 0. The van der Waals surface area contributed by atoms with Gasteiger partial charge in [0.25, 0.3) is 0 Å². The van der Waals surface area contributed by atoms with Crippen LogP contribution >= 0.6 is 0 Å². The molecule has 2 aliphatic rings. The fraction of sp³-hybridized carbons (Fsp3) is 0.562. The summed E-state index contributed by atoms with van der Waals surface area (Å²) in [6.07, 6.45) is 0. The Bertz CT molecular complexity index is 450. The Balaban J connectivity index is 1.56. The third kappa shape index (κ3) is 2.72. The average Bonchev–Trinajstić information content (AvgIpc) is 2.46. The lowest BCUT2D eigenvalue weighted by molar-refractivity contribution is -0.134. The predicted molar refractivity (Wildman–Crippen MR) is 79.7 cm³/mol. The van der Waals surface area contributed by atoms with Gasteiger partial charge < -0.3 is 10.2 Å². The Hall–Kier alpha value is -1.39. The van der Waals surface area contributed by atoms with Crippen LogP contribution in [0.3, 0.4) is 0 Å². The first-order chi connectivity index (χ1) is 9.75. The molecule has 1 aromatic carbocycles. The summed E-state index contributed by atoms with van der Waals surface area (Å²) in [6.45, 7) is 7.99. The standard InChI is InChI=1S/C16H23N3O/c1-13(14-5-3-2-4-6-14)16(20)19-9-7-18(8-10-19)15-11-17-12-15/h2-6,13,15,17H,7-12H2,1H3. The molecule has 108 valence electrons. The number of benzene rings is 1. The Morgan fingerprint density at radius 1 is 1.15 bits per heavy atom. The van der Waals surface area contributed by atoms with Gasteiger partial charge in [0.15, 0.2) is 0 Å². The molecule has 2 saturated heterocycles. The van der Waals surface area contributed by atoms with Crippen molar-refractivity contribution in [2.75, 3.05) is 39.3 Å². The van der Waals surface area contributed by atoms with Gasteiger partial charge in [0.2, 0.25) is 5.91 Å². The number of piperazine rings is 1. The SMILES string of the molecule is CC(C(=O)N1CCN(C2CNC2)CC1)c1ccccc1. The quantitative estimate of drug-likeness (QED) is 0.889. The Kier molecular flexibility index (Phi) is 4.03. The summed E-state index contributed by atoms with van der Waals surface area (Å²) in [5.74, 6) is 0.232. The maximum Gasteiger partial charge on any atom is 0.229 e. The Labute approximate surface area is 120 Å². The highest BCUT2D eigenvalue weighted by atomic mass is 16.2. The number of hydrogen-bond acceptors (Lipinski definition) is 3. The number of hydrogen-bond donors (Lipinski definition) is 1. The number of rotatable bonds is 3. The lowest BCUT2D eigenvalue weighted by atomic mass is 9.99. The fourth-order valence-electron chi connectivity index (χ4n) is 3.00. The Morgan fingerprint density at radius 2 is 1.80 bits per heavy atom. The molecule has 0 spiro atoms. The summed E-state index contributed by atoms with van der Waals surface area (Å²) in [5.41, 5.74) is 1.11. The number of carbonyl (C=O) groups excluding carboxylic acids is 1. The zero-order valence-electron chi connectivity index (χ0n) is 12.1. The van der Waals surface area contributed by atoms with E-state index in [2.05, 4.69) is 10.2 Å². The molecule has 0 radical (unpaired) electrons. The van der Waals surface area contributed by atoms with Crippen LogP contribution in [0, 0.1) is 0 Å². The van der Waals surface area contributed by atoms with Crippen LogP contribution in [0.1, 0.15) is 18.4 Å². The van der Waals surface area contributed by atoms with Crippen molar-refractivity contribution >= 4 is 5.91 Å². The van der Waals surface area contributed by atoms with Gasteiger partial charge in [0.1, 0.15) is 0 Å². The number of nitrogens with one attached hydrogen (secondary N) is 1. The van der Waals surface area contributed by atoms with Gasteiger partial charge >= 0.3 is 0 Å². The number of nitrogens with zero attached hydrogens (tertiary/aromatic N) is 2. The lowest BCUT2D eigenvalue weighted by Gasteiger charge is -2.43. The highest BCUT2D eigenvalue weighted by Gasteiger charge is 2.30. The third-order valence-electron chi connectivity index (χ3n) is 4.57. The van der Waals surface area contributed by atoms with Crippen molar-refractivity contribution in [3.05, 3.63) is 35.9 Å². The maximum atomic E-state index is 12.6. The zero-order chi connectivity index (χ0) is 13.9. The molecule has 1 N–H and O–H groups in total.